The molecule has 110 valence electrons. The molecule has 0 fully saturated rings. The van der Waals surface area contributed by atoms with Gasteiger partial charge in [0.1, 0.15) is 5.75 Å². The third-order valence-corrected chi connectivity index (χ3v) is 3.48. The Kier molecular flexibility index (Phi) is 4.95. The molecule has 0 saturated heterocycles. The summed E-state index contributed by atoms with van der Waals surface area (Å²) in [5, 5.41) is 9.30. The number of hydrogen-bond donors (Lipinski definition) is 2. The summed E-state index contributed by atoms with van der Waals surface area (Å²) in [4.78, 5) is 14.3. The van der Waals surface area contributed by atoms with Gasteiger partial charge in [0, 0.05) is 25.2 Å². The summed E-state index contributed by atoms with van der Waals surface area (Å²) in [6.07, 6.45) is 0. The van der Waals surface area contributed by atoms with E-state index in [1.807, 2.05) is 31.2 Å². The van der Waals surface area contributed by atoms with E-state index in [2.05, 4.69) is 0 Å². The van der Waals surface area contributed by atoms with E-state index in [4.69, 9.17) is 5.73 Å². The van der Waals surface area contributed by atoms with Crippen LogP contribution in [0.5, 0.6) is 5.75 Å². The van der Waals surface area contributed by atoms with E-state index in [9.17, 15) is 9.90 Å². The van der Waals surface area contributed by atoms with Crippen LogP contribution in [0.25, 0.3) is 0 Å². The number of nitrogens with zero attached hydrogens (tertiary/aromatic N) is 1. The van der Waals surface area contributed by atoms with Crippen LogP contribution in [0.15, 0.2) is 48.5 Å². The van der Waals surface area contributed by atoms with Gasteiger partial charge in [-0.15, -0.1) is 0 Å². The van der Waals surface area contributed by atoms with Crippen LogP contribution in [-0.4, -0.2) is 22.5 Å². The molecule has 0 aliphatic carbocycles. The smallest absolute Gasteiger partial charge is 0.254 e. The number of aromatic hydroxyl groups is 1. The Morgan fingerprint density at radius 1 is 1.10 bits per heavy atom. The van der Waals surface area contributed by atoms with Gasteiger partial charge in [0.15, 0.2) is 0 Å². The minimum Gasteiger partial charge on any atom is -0.508 e. The van der Waals surface area contributed by atoms with Crippen molar-refractivity contribution in [3.05, 3.63) is 65.2 Å². The SMILES string of the molecule is CCN(Cc1ccccc1CN)C(=O)c1ccc(O)cc1. The number of phenolic OH excluding ortho intramolecular Hbond substituents is 1. The fourth-order valence-corrected chi connectivity index (χ4v) is 2.23. The maximum absolute atomic E-state index is 12.5. The molecule has 0 heterocycles. The van der Waals surface area contributed by atoms with Gasteiger partial charge < -0.3 is 15.7 Å². The van der Waals surface area contributed by atoms with Crippen LogP contribution in [0, 0.1) is 0 Å². The number of amides is 1. The van der Waals surface area contributed by atoms with Crippen LogP contribution in [0.3, 0.4) is 0 Å². The number of carbonyl (C=O) groups excluding carboxylic acids is 1. The highest BCUT2D eigenvalue weighted by Gasteiger charge is 2.15. The van der Waals surface area contributed by atoms with Gasteiger partial charge in [0.05, 0.1) is 0 Å². The molecule has 4 heteroatoms. The summed E-state index contributed by atoms with van der Waals surface area (Å²) in [6.45, 7) is 3.55. The lowest BCUT2D eigenvalue weighted by atomic mass is 10.1. The summed E-state index contributed by atoms with van der Waals surface area (Å²) in [5.41, 5.74) is 8.42. The quantitative estimate of drug-likeness (QED) is 0.886. The van der Waals surface area contributed by atoms with E-state index in [-0.39, 0.29) is 11.7 Å². The lowest BCUT2D eigenvalue weighted by Crippen LogP contribution is -2.30. The van der Waals surface area contributed by atoms with Crippen molar-refractivity contribution in [2.45, 2.75) is 20.0 Å². The molecule has 0 spiro atoms. The van der Waals surface area contributed by atoms with E-state index in [1.165, 1.54) is 12.1 Å². The summed E-state index contributed by atoms with van der Waals surface area (Å²) in [5.74, 6) is 0.104. The third kappa shape index (κ3) is 3.61. The molecule has 0 atom stereocenters. The van der Waals surface area contributed by atoms with Crippen molar-refractivity contribution in [3.63, 3.8) is 0 Å². The number of benzene rings is 2. The van der Waals surface area contributed by atoms with E-state index in [1.54, 1.807) is 17.0 Å². The molecule has 4 nitrogen and oxygen atoms in total. The molecular weight excluding hydrogens is 264 g/mol. The van der Waals surface area contributed by atoms with Gasteiger partial charge in [-0.05, 0) is 42.3 Å². The first kappa shape index (κ1) is 15.1. The molecular formula is C17H20N2O2. The number of carbonyl (C=O) groups is 1. The molecule has 1 amide bonds. The first-order valence-electron chi connectivity index (χ1n) is 7.00. The monoisotopic (exact) mass is 284 g/mol. The molecule has 0 aliphatic heterocycles. The summed E-state index contributed by atoms with van der Waals surface area (Å²) >= 11 is 0. The van der Waals surface area contributed by atoms with Crippen molar-refractivity contribution < 1.29 is 9.90 Å². The first-order valence-corrected chi connectivity index (χ1v) is 7.00. The predicted molar refractivity (Wildman–Crippen MR) is 82.9 cm³/mol. The Labute approximate surface area is 124 Å². The Bertz CT molecular complexity index is 608. The van der Waals surface area contributed by atoms with Crippen LogP contribution < -0.4 is 5.73 Å². The van der Waals surface area contributed by atoms with Crippen LogP contribution >= 0.6 is 0 Å². The third-order valence-electron chi connectivity index (χ3n) is 3.48. The van der Waals surface area contributed by atoms with Gasteiger partial charge in [-0.25, -0.2) is 0 Å². The van der Waals surface area contributed by atoms with Crippen molar-refractivity contribution in [1.82, 2.24) is 4.90 Å². The van der Waals surface area contributed by atoms with Gasteiger partial charge in [0.2, 0.25) is 0 Å². The highest BCUT2D eigenvalue weighted by Crippen LogP contribution is 2.15. The average Bonchev–Trinajstić information content (AvgIpc) is 2.53. The minimum atomic E-state index is -0.0516. The normalized spacial score (nSPS) is 10.4. The van der Waals surface area contributed by atoms with Crippen molar-refractivity contribution in [1.29, 1.82) is 0 Å². The van der Waals surface area contributed by atoms with Crippen molar-refractivity contribution >= 4 is 5.91 Å². The van der Waals surface area contributed by atoms with Crippen molar-refractivity contribution in [3.8, 4) is 5.75 Å². The summed E-state index contributed by atoms with van der Waals surface area (Å²) in [6, 6.07) is 14.2. The zero-order valence-electron chi connectivity index (χ0n) is 12.1. The van der Waals surface area contributed by atoms with Crippen LogP contribution in [0.4, 0.5) is 0 Å². The van der Waals surface area contributed by atoms with Crippen molar-refractivity contribution in [2.75, 3.05) is 6.54 Å². The molecule has 2 rings (SSSR count). The van der Waals surface area contributed by atoms with E-state index < -0.39 is 0 Å². The predicted octanol–water partition coefficient (Wildman–Crippen LogP) is 2.51. The lowest BCUT2D eigenvalue weighted by molar-refractivity contribution is 0.0752. The maximum Gasteiger partial charge on any atom is 0.254 e. The molecule has 0 bridgehead atoms. The number of rotatable bonds is 5. The number of phenols is 1. The van der Waals surface area contributed by atoms with Gasteiger partial charge in [0.25, 0.3) is 5.91 Å². The minimum absolute atomic E-state index is 0.0516. The van der Waals surface area contributed by atoms with Crippen LogP contribution in [0.2, 0.25) is 0 Å². The van der Waals surface area contributed by atoms with Gasteiger partial charge in [-0.1, -0.05) is 24.3 Å². The van der Waals surface area contributed by atoms with Gasteiger partial charge in [-0.2, -0.15) is 0 Å². The molecule has 0 aliphatic rings. The molecule has 2 aromatic carbocycles. The van der Waals surface area contributed by atoms with Crippen LogP contribution in [-0.2, 0) is 13.1 Å². The average molecular weight is 284 g/mol. The molecule has 2 aromatic rings. The molecule has 21 heavy (non-hydrogen) atoms. The zero-order chi connectivity index (χ0) is 15.2. The van der Waals surface area contributed by atoms with E-state index in [0.29, 0.717) is 25.2 Å². The molecule has 3 N–H and O–H groups in total. The molecule has 0 radical (unpaired) electrons. The molecule has 0 unspecified atom stereocenters. The largest absolute Gasteiger partial charge is 0.508 e. The lowest BCUT2D eigenvalue weighted by Gasteiger charge is -2.22. The second-order valence-corrected chi connectivity index (χ2v) is 4.84. The second kappa shape index (κ2) is 6.90. The fraction of sp³-hybridized carbons (Fsp3) is 0.235. The van der Waals surface area contributed by atoms with Gasteiger partial charge in [-0.3, -0.25) is 4.79 Å². The molecule has 0 saturated carbocycles. The molecule has 0 aromatic heterocycles. The standard InChI is InChI=1S/C17H20N2O2/c1-2-19(12-15-6-4-3-5-14(15)11-18)17(21)13-7-9-16(20)10-8-13/h3-10,20H,2,11-12,18H2,1H3. The van der Waals surface area contributed by atoms with Gasteiger partial charge >= 0.3 is 0 Å². The Morgan fingerprint density at radius 3 is 2.29 bits per heavy atom. The Morgan fingerprint density at radius 2 is 1.71 bits per heavy atom. The highest BCUT2D eigenvalue weighted by atomic mass is 16.3. The van der Waals surface area contributed by atoms with E-state index in [0.717, 1.165) is 11.1 Å². The summed E-state index contributed by atoms with van der Waals surface area (Å²) < 4.78 is 0. The number of nitrogens with two attached hydrogens (primary N) is 1. The van der Waals surface area contributed by atoms with Crippen LogP contribution in [0.1, 0.15) is 28.4 Å². The number of hydrogen-bond acceptors (Lipinski definition) is 3. The highest BCUT2D eigenvalue weighted by molar-refractivity contribution is 5.94. The summed E-state index contributed by atoms with van der Waals surface area (Å²) in [7, 11) is 0. The van der Waals surface area contributed by atoms with Crippen molar-refractivity contribution in [2.24, 2.45) is 5.73 Å². The fourth-order valence-electron chi connectivity index (χ4n) is 2.23. The van der Waals surface area contributed by atoms with E-state index >= 15 is 0 Å². The Balaban J connectivity index is 2.19. The topological polar surface area (TPSA) is 66.6 Å². The maximum atomic E-state index is 12.5. The first-order chi connectivity index (χ1) is 10.2. The zero-order valence-corrected chi connectivity index (χ0v) is 12.1. The Hall–Kier alpha value is -2.33. The second-order valence-electron chi connectivity index (χ2n) is 4.84.